The molecule has 0 saturated heterocycles. The molecule has 216 valence electrons. The number of nitro groups is 1. The van der Waals surface area contributed by atoms with Gasteiger partial charge in [0.05, 0.1) is 10.3 Å². The van der Waals surface area contributed by atoms with Gasteiger partial charge in [-0.05, 0) is 42.9 Å². The van der Waals surface area contributed by atoms with Gasteiger partial charge in [-0.3, -0.25) is 38.8 Å². The normalized spacial score (nSPS) is 16.1. The summed E-state index contributed by atoms with van der Waals surface area (Å²) in [5.41, 5.74) is -0.249. The Morgan fingerprint density at radius 3 is 2.15 bits per heavy atom. The molecule has 0 aliphatic carbocycles. The molecule has 2 aromatic carbocycles. The van der Waals surface area contributed by atoms with Gasteiger partial charge in [0.15, 0.2) is 0 Å². The van der Waals surface area contributed by atoms with Crippen LogP contribution in [0.3, 0.4) is 0 Å². The van der Waals surface area contributed by atoms with Crippen LogP contribution in [0.1, 0.15) is 61.3 Å². The lowest BCUT2D eigenvalue weighted by molar-refractivity contribution is -0.383. The van der Waals surface area contributed by atoms with Crippen molar-refractivity contribution in [2.24, 2.45) is 17.8 Å². The Labute approximate surface area is 232 Å². The van der Waals surface area contributed by atoms with Crippen LogP contribution >= 0.6 is 7.37 Å². The summed E-state index contributed by atoms with van der Waals surface area (Å²) in [5.74, 6) is -3.52. The molecule has 12 nitrogen and oxygen atoms in total. The molecule has 1 heterocycles. The lowest BCUT2D eigenvalue weighted by atomic mass is 9.93. The number of hydrogen-bond acceptors (Lipinski definition) is 7. The second-order valence-electron chi connectivity index (χ2n) is 11.0. The van der Waals surface area contributed by atoms with Crippen molar-refractivity contribution < 1.29 is 33.6 Å². The van der Waals surface area contributed by atoms with Crippen LogP contribution in [0.4, 0.5) is 5.69 Å². The summed E-state index contributed by atoms with van der Waals surface area (Å²) in [6.45, 7) is 7.50. The van der Waals surface area contributed by atoms with Crippen molar-refractivity contribution in [2.75, 3.05) is 19.5 Å². The monoisotopic (exact) mass is 574 g/mol. The van der Waals surface area contributed by atoms with E-state index in [2.05, 4.69) is 10.6 Å². The van der Waals surface area contributed by atoms with Gasteiger partial charge in [0, 0.05) is 41.7 Å². The van der Waals surface area contributed by atoms with Gasteiger partial charge in [0.25, 0.3) is 17.5 Å². The van der Waals surface area contributed by atoms with E-state index in [1.807, 2.05) is 27.7 Å². The molecule has 0 bridgehead atoms. The van der Waals surface area contributed by atoms with E-state index >= 15 is 0 Å². The van der Waals surface area contributed by atoms with Crippen LogP contribution in [0.2, 0.25) is 0 Å². The van der Waals surface area contributed by atoms with E-state index in [1.165, 1.54) is 31.3 Å². The van der Waals surface area contributed by atoms with E-state index in [0.717, 1.165) is 6.07 Å². The lowest BCUT2D eigenvalue weighted by Crippen LogP contribution is -2.49. The molecule has 0 spiro atoms. The van der Waals surface area contributed by atoms with Gasteiger partial charge in [-0.25, -0.2) is 0 Å². The maximum absolute atomic E-state index is 13.5. The zero-order chi connectivity index (χ0) is 29.9. The van der Waals surface area contributed by atoms with Crippen LogP contribution in [0.15, 0.2) is 30.3 Å². The van der Waals surface area contributed by atoms with Gasteiger partial charge in [0.2, 0.25) is 19.2 Å². The summed E-state index contributed by atoms with van der Waals surface area (Å²) in [4.78, 5) is 74.7. The number of hydrogen-bond donors (Lipinski definition) is 3. The van der Waals surface area contributed by atoms with E-state index in [9.17, 15) is 38.8 Å². The van der Waals surface area contributed by atoms with E-state index < -0.39 is 54.4 Å². The molecule has 1 aliphatic heterocycles. The summed E-state index contributed by atoms with van der Waals surface area (Å²) < 4.78 is 13.5. The van der Waals surface area contributed by atoms with E-state index in [-0.39, 0.29) is 51.8 Å². The number of non-ortho nitro benzene ring substituents is 1. The summed E-state index contributed by atoms with van der Waals surface area (Å²) in [7, 11) is -2.84. The maximum atomic E-state index is 13.5. The molecular weight excluding hydrogens is 539 g/mol. The number of carbonyl (C=O) groups is 4. The fourth-order valence-corrected chi connectivity index (χ4v) is 6.86. The highest BCUT2D eigenvalue weighted by Crippen LogP contribution is 2.46. The van der Waals surface area contributed by atoms with Gasteiger partial charge in [-0.15, -0.1) is 0 Å². The maximum Gasteiger partial charge on any atom is 0.277 e. The quantitative estimate of drug-likeness (QED) is 0.149. The Kier molecular flexibility index (Phi) is 9.48. The van der Waals surface area contributed by atoms with Gasteiger partial charge in [-0.2, -0.15) is 0 Å². The lowest BCUT2D eigenvalue weighted by Gasteiger charge is -2.30. The first-order valence-electron chi connectivity index (χ1n) is 13.1. The average molecular weight is 575 g/mol. The summed E-state index contributed by atoms with van der Waals surface area (Å²) in [6.07, 6.45) is -0.722. The topological polar surface area (TPSA) is 176 Å². The fraction of sp³-hybridized carbons (Fsp3) is 0.481. The van der Waals surface area contributed by atoms with Crippen molar-refractivity contribution in [3.05, 3.63) is 51.6 Å². The van der Waals surface area contributed by atoms with E-state index in [0.29, 0.717) is 11.3 Å². The first-order valence-corrected chi connectivity index (χ1v) is 15.1. The average Bonchev–Trinajstić information content (AvgIpc) is 2.87. The molecule has 0 fully saturated rings. The minimum atomic E-state index is -4.30. The molecule has 40 heavy (non-hydrogen) atoms. The summed E-state index contributed by atoms with van der Waals surface area (Å²) in [6, 6.07) is 5.86. The van der Waals surface area contributed by atoms with Crippen molar-refractivity contribution in [1.82, 2.24) is 15.5 Å². The molecule has 3 atom stereocenters. The number of benzene rings is 2. The molecule has 2 unspecified atom stereocenters. The summed E-state index contributed by atoms with van der Waals surface area (Å²) >= 11 is 0. The number of nitro benzene ring substituents is 1. The number of imide groups is 1. The van der Waals surface area contributed by atoms with Crippen LogP contribution in [0, 0.1) is 27.9 Å². The van der Waals surface area contributed by atoms with Crippen LogP contribution in [0.5, 0.6) is 0 Å². The second-order valence-corrected chi connectivity index (χ2v) is 13.3. The molecule has 13 heteroatoms. The Balaban J connectivity index is 1.88. The first-order chi connectivity index (χ1) is 18.7. The molecule has 3 rings (SSSR count). The summed E-state index contributed by atoms with van der Waals surface area (Å²) in [5, 5.41) is 16.9. The number of nitrogens with zero attached hydrogens (tertiary/aromatic N) is 2. The molecular formula is C27H35N4O8P. The first kappa shape index (κ1) is 30.9. The largest absolute Gasteiger partial charge is 0.357 e. The Morgan fingerprint density at radius 1 is 1.00 bits per heavy atom. The predicted molar refractivity (Wildman–Crippen MR) is 149 cm³/mol. The van der Waals surface area contributed by atoms with Crippen molar-refractivity contribution >= 4 is 47.5 Å². The van der Waals surface area contributed by atoms with E-state index in [1.54, 1.807) is 0 Å². The molecule has 2 aromatic rings. The molecule has 4 amide bonds. The highest BCUT2D eigenvalue weighted by atomic mass is 31.2. The number of nitrogens with one attached hydrogen (secondary N) is 2. The predicted octanol–water partition coefficient (Wildman–Crippen LogP) is 3.51. The third kappa shape index (κ3) is 6.74. The van der Waals surface area contributed by atoms with Crippen molar-refractivity contribution in [3.63, 3.8) is 0 Å². The molecule has 0 aromatic heterocycles. The zero-order valence-electron chi connectivity index (χ0n) is 23.2. The smallest absolute Gasteiger partial charge is 0.277 e. The fourth-order valence-electron chi connectivity index (χ4n) is 5.04. The van der Waals surface area contributed by atoms with Gasteiger partial charge < -0.3 is 15.5 Å². The third-order valence-corrected chi connectivity index (χ3v) is 8.48. The van der Waals surface area contributed by atoms with Crippen LogP contribution < -0.4 is 10.6 Å². The minimum Gasteiger partial charge on any atom is -0.357 e. The Morgan fingerprint density at radius 2 is 1.60 bits per heavy atom. The van der Waals surface area contributed by atoms with E-state index in [4.69, 9.17) is 0 Å². The number of likely N-dealkylation sites (N-methyl/N-ethyl adjacent to an activating group) is 1. The number of carbonyl (C=O) groups excluding carboxylic acids is 4. The minimum absolute atomic E-state index is 0.00868. The Hall–Kier alpha value is -3.63. The zero-order valence-corrected chi connectivity index (χ0v) is 24.1. The molecule has 0 saturated carbocycles. The Bertz CT molecular complexity index is 1380. The number of amides is 4. The standard InChI is InChI=1S/C27H35N4O8P/c1-15(2)11-17(24(32)29-21(12-16(3)4)25(33)28-5)13-40(38,39)14-30-26(34)19-8-6-7-18-22(31(36)37)10-9-20(23(18)19)27(30)35/h6-10,15-17,21H,11-14H2,1-5H3,(H,28,33)(H,29,32)(H,38,39)/t17?,21-/m0/s1. The molecule has 1 aliphatic rings. The van der Waals surface area contributed by atoms with Gasteiger partial charge in [0.1, 0.15) is 12.3 Å². The second kappa shape index (κ2) is 12.3. The highest BCUT2D eigenvalue weighted by Gasteiger charge is 2.40. The van der Waals surface area contributed by atoms with Crippen molar-refractivity contribution in [3.8, 4) is 0 Å². The van der Waals surface area contributed by atoms with Crippen molar-refractivity contribution in [1.29, 1.82) is 0 Å². The van der Waals surface area contributed by atoms with Gasteiger partial charge in [-0.1, -0.05) is 33.8 Å². The molecule has 0 radical (unpaired) electrons. The number of rotatable bonds is 12. The molecule has 3 N–H and O–H groups in total. The van der Waals surface area contributed by atoms with Gasteiger partial charge >= 0.3 is 0 Å². The third-order valence-electron chi connectivity index (χ3n) is 6.75. The van der Waals surface area contributed by atoms with Crippen molar-refractivity contribution in [2.45, 2.75) is 46.6 Å². The van der Waals surface area contributed by atoms with Crippen LogP contribution in [0.25, 0.3) is 10.8 Å². The van der Waals surface area contributed by atoms with Crippen LogP contribution in [-0.4, -0.2) is 63.9 Å². The highest BCUT2D eigenvalue weighted by molar-refractivity contribution is 7.58. The SMILES string of the molecule is CNC(=O)[C@H](CC(C)C)NC(=O)C(CC(C)C)CP(=O)(O)CN1C(=O)c2cccc3c([N+](=O)[O-])ccc(c23)C1=O. The van der Waals surface area contributed by atoms with Crippen LogP contribution in [-0.2, 0) is 14.2 Å².